The highest BCUT2D eigenvalue weighted by Crippen LogP contribution is 2.22. The molecular formula is C20H24N4O3. The van der Waals surface area contributed by atoms with Gasteiger partial charge in [0.05, 0.1) is 30.5 Å². The molecule has 142 valence electrons. The number of urea groups is 1. The maximum atomic E-state index is 13.0. The summed E-state index contributed by atoms with van der Waals surface area (Å²) in [7, 11) is 0. The Bertz CT molecular complexity index is 823. The van der Waals surface area contributed by atoms with Crippen LogP contribution in [-0.2, 0) is 13.1 Å². The first-order chi connectivity index (χ1) is 13.1. The molecule has 0 aliphatic rings. The molecule has 2 heterocycles. The first-order valence-corrected chi connectivity index (χ1v) is 8.93. The van der Waals surface area contributed by atoms with E-state index in [9.17, 15) is 4.79 Å². The number of carbonyl (C=O) groups excluding carboxylic acids is 1. The lowest BCUT2D eigenvalue weighted by Gasteiger charge is -2.26. The molecule has 0 fully saturated rings. The van der Waals surface area contributed by atoms with Crippen molar-refractivity contribution in [3.63, 3.8) is 0 Å². The molecule has 0 spiro atoms. The Morgan fingerprint density at radius 2 is 1.74 bits per heavy atom. The third-order valence-corrected chi connectivity index (χ3v) is 4.47. The monoisotopic (exact) mass is 368 g/mol. The lowest BCUT2D eigenvalue weighted by Crippen LogP contribution is -2.41. The van der Waals surface area contributed by atoms with Crippen molar-refractivity contribution in [3.8, 4) is 0 Å². The number of amides is 2. The molecule has 2 aromatic heterocycles. The van der Waals surface area contributed by atoms with Gasteiger partial charge in [0.2, 0.25) is 0 Å². The first-order valence-electron chi connectivity index (χ1n) is 8.93. The van der Waals surface area contributed by atoms with Crippen LogP contribution in [0.5, 0.6) is 0 Å². The van der Waals surface area contributed by atoms with Crippen molar-refractivity contribution in [1.82, 2.24) is 20.2 Å². The number of hydrogen-bond donors (Lipinski definition) is 1. The number of rotatable bonds is 7. The molecule has 3 rings (SSSR count). The molecule has 0 saturated heterocycles. The van der Waals surface area contributed by atoms with E-state index in [2.05, 4.69) is 54.3 Å². The number of nitrogens with one attached hydrogen (secondary N) is 1. The van der Waals surface area contributed by atoms with Crippen molar-refractivity contribution in [2.24, 2.45) is 0 Å². The number of carbonyl (C=O) groups is 1. The molecular weight excluding hydrogens is 344 g/mol. The second-order valence-corrected chi connectivity index (χ2v) is 6.59. The fourth-order valence-corrected chi connectivity index (χ4v) is 3.08. The normalized spacial score (nSPS) is 12.0. The molecule has 2 amide bonds. The highest BCUT2D eigenvalue weighted by molar-refractivity contribution is 5.74. The Labute approximate surface area is 158 Å². The van der Waals surface area contributed by atoms with Crippen molar-refractivity contribution in [3.05, 3.63) is 71.6 Å². The fraction of sp³-hybridized carbons (Fsp3) is 0.350. The minimum absolute atomic E-state index is 0.0739. The standard InChI is InChI=1S/C20H24N4O3/c1-4-19(18-6-5-14(2)7-15(18)3)23-20(25)24(8-16-10-26-12-21-16)9-17-11-27-13-22-17/h5-7,10-13,19H,4,8-9H2,1-3H3,(H,23,25). The smallest absolute Gasteiger partial charge is 0.318 e. The number of hydrogen-bond acceptors (Lipinski definition) is 5. The fourth-order valence-electron chi connectivity index (χ4n) is 3.08. The van der Waals surface area contributed by atoms with Gasteiger partial charge in [-0.25, -0.2) is 14.8 Å². The van der Waals surface area contributed by atoms with Crippen LogP contribution in [0.25, 0.3) is 0 Å². The van der Waals surface area contributed by atoms with Crippen LogP contribution in [0, 0.1) is 13.8 Å². The predicted molar refractivity (Wildman–Crippen MR) is 99.7 cm³/mol. The van der Waals surface area contributed by atoms with E-state index in [0.29, 0.717) is 24.5 Å². The number of benzene rings is 1. The maximum Gasteiger partial charge on any atom is 0.318 e. The highest BCUT2D eigenvalue weighted by Gasteiger charge is 2.21. The molecule has 0 saturated carbocycles. The van der Waals surface area contributed by atoms with Crippen LogP contribution in [0.2, 0.25) is 0 Å². The lowest BCUT2D eigenvalue weighted by molar-refractivity contribution is 0.186. The van der Waals surface area contributed by atoms with E-state index in [1.807, 2.05) is 0 Å². The first kappa shape index (κ1) is 18.7. The van der Waals surface area contributed by atoms with Gasteiger partial charge in [0.15, 0.2) is 12.8 Å². The molecule has 7 nitrogen and oxygen atoms in total. The zero-order valence-corrected chi connectivity index (χ0v) is 15.8. The van der Waals surface area contributed by atoms with Gasteiger partial charge in [-0.05, 0) is 31.4 Å². The van der Waals surface area contributed by atoms with Crippen molar-refractivity contribution in [2.45, 2.75) is 46.3 Å². The van der Waals surface area contributed by atoms with Crippen LogP contribution < -0.4 is 5.32 Å². The average Bonchev–Trinajstić information content (AvgIpc) is 3.33. The summed E-state index contributed by atoms with van der Waals surface area (Å²) in [6.45, 7) is 6.83. The third-order valence-electron chi connectivity index (χ3n) is 4.47. The van der Waals surface area contributed by atoms with Gasteiger partial charge in [-0.15, -0.1) is 0 Å². The molecule has 27 heavy (non-hydrogen) atoms. The zero-order chi connectivity index (χ0) is 19.2. The Balaban J connectivity index is 1.77. The molecule has 1 unspecified atom stereocenters. The summed E-state index contributed by atoms with van der Waals surface area (Å²) in [5.41, 5.74) is 4.85. The second kappa shape index (κ2) is 8.53. The number of aryl methyl sites for hydroxylation is 2. The van der Waals surface area contributed by atoms with Gasteiger partial charge in [0, 0.05) is 0 Å². The minimum Gasteiger partial charge on any atom is -0.451 e. The largest absolute Gasteiger partial charge is 0.451 e. The minimum atomic E-state index is -0.187. The Kier molecular flexibility index (Phi) is 5.90. The van der Waals surface area contributed by atoms with Crippen LogP contribution in [0.3, 0.4) is 0 Å². The third kappa shape index (κ3) is 4.75. The van der Waals surface area contributed by atoms with Crippen molar-refractivity contribution >= 4 is 6.03 Å². The van der Waals surface area contributed by atoms with Crippen LogP contribution >= 0.6 is 0 Å². The van der Waals surface area contributed by atoms with Gasteiger partial charge >= 0.3 is 6.03 Å². The van der Waals surface area contributed by atoms with E-state index >= 15 is 0 Å². The average molecular weight is 368 g/mol. The van der Waals surface area contributed by atoms with Crippen LogP contribution in [0.1, 0.15) is 47.5 Å². The number of aromatic nitrogens is 2. The highest BCUT2D eigenvalue weighted by atomic mass is 16.3. The van der Waals surface area contributed by atoms with Crippen LogP contribution in [0.4, 0.5) is 4.79 Å². The number of nitrogens with zero attached hydrogens (tertiary/aromatic N) is 3. The quantitative estimate of drug-likeness (QED) is 0.677. The van der Waals surface area contributed by atoms with E-state index in [1.54, 1.807) is 4.90 Å². The van der Waals surface area contributed by atoms with Gasteiger partial charge in [0.25, 0.3) is 0 Å². The van der Waals surface area contributed by atoms with E-state index in [1.165, 1.54) is 36.4 Å². The van der Waals surface area contributed by atoms with Crippen LogP contribution in [-0.4, -0.2) is 20.9 Å². The van der Waals surface area contributed by atoms with Gasteiger partial charge in [0.1, 0.15) is 12.5 Å². The topological polar surface area (TPSA) is 84.4 Å². The molecule has 0 radical (unpaired) electrons. The molecule has 0 aliphatic carbocycles. The van der Waals surface area contributed by atoms with E-state index < -0.39 is 0 Å². The summed E-state index contributed by atoms with van der Waals surface area (Å²) in [4.78, 5) is 22.9. The summed E-state index contributed by atoms with van der Waals surface area (Å²) in [5.74, 6) is 0. The Morgan fingerprint density at radius 1 is 1.11 bits per heavy atom. The zero-order valence-electron chi connectivity index (χ0n) is 15.8. The summed E-state index contributed by atoms with van der Waals surface area (Å²) < 4.78 is 10.1. The summed E-state index contributed by atoms with van der Waals surface area (Å²) in [5, 5.41) is 3.14. The summed E-state index contributed by atoms with van der Waals surface area (Å²) >= 11 is 0. The SMILES string of the molecule is CCC(NC(=O)N(Cc1cocn1)Cc1cocn1)c1ccc(C)cc1C. The number of oxazole rings is 2. The lowest BCUT2D eigenvalue weighted by atomic mass is 9.97. The Hall–Kier alpha value is -3.09. The van der Waals surface area contributed by atoms with Gasteiger partial charge in [-0.3, -0.25) is 0 Å². The van der Waals surface area contributed by atoms with Gasteiger partial charge in [-0.2, -0.15) is 0 Å². The Morgan fingerprint density at radius 3 is 2.22 bits per heavy atom. The van der Waals surface area contributed by atoms with Gasteiger partial charge in [-0.1, -0.05) is 30.7 Å². The van der Waals surface area contributed by atoms with E-state index in [-0.39, 0.29) is 12.1 Å². The molecule has 1 aromatic carbocycles. The van der Waals surface area contributed by atoms with E-state index in [0.717, 1.165) is 12.0 Å². The van der Waals surface area contributed by atoms with Crippen LogP contribution in [0.15, 0.2) is 52.3 Å². The molecule has 0 aliphatic heterocycles. The van der Waals surface area contributed by atoms with Crippen molar-refractivity contribution in [2.75, 3.05) is 0 Å². The molecule has 0 bridgehead atoms. The van der Waals surface area contributed by atoms with E-state index in [4.69, 9.17) is 8.83 Å². The van der Waals surface area contributed by atoms with Crippen molar-refractivity contribution in [1.29, 1.82) is 0 Å². The predicted octanol–water partition coefficient (Wildman–Crippen LogP) is 4.14. The molecule has 1 atom stereocenters. The maximum absolute atomic E-state index is 13.0. The molecule has 7 heteroatoms. The summed E-state index contributed by atoms with van der Waals surface area (Å²) in [6.07, 6.45) is 6.56. The van der Waals surface area contributed by atoms with Gasteiger partial charge < -0.3 is 19.1 Å². The summed E-state index contributed by atoms with van der Waals surface area (Å²) in [6, 6.07) is 6.02. The van der Waals surface area contributed by atoms with Crippen molar-refractivity contribution < 1.29 is 13.6 Å². The molecule has 3 aromatic rings. The second-order valence-electron chi connectivity index (χ2n) is 6.59. The molecule has 1 N–H and O–H groups in total.